The monoisotopic (exact) mass is 449 g/mol. The van der Waals surface area contributed by atoms with E-state index in [4.69, 9.17) is 28.7 Å². The third-order valence-corrected chi connectivity index (χ3v) is 3.73. The highest BCUT2D eigenvalue weighted by Crippen LogP contribution is 2.26. The van der Waals surface area contributed by atoms with E-state index >= 15 is 0 Å². The molecule has 2 amide bonds. The number of carbonyl (C=O) groups excluding carboxylic acids is 2. The van der Waals surface area contributed by atoms with E-state index in [-0.39, 0.29) is 22.8 Å². The minimum atomic E-state index is -4.51. The third-order valence-electron chi connectivity index (χ3n) is 3.35. The summed E-state index contributed by atoms with van der Waals surface area (Å²) in [7, 11) is 2.62. The number of carbonyl (C=O) groups is 2. The Kier molecular flexibility index (Phi) is 8.61. The van der Waals surface area contributed by atoms with Crippen molar-refractivity contribution in [3.05, 3.63) is 34.9 Å². The Labute approximate surface area is 174 Å². The second-order valence-electron chi connectivity index (χ2n) is 5.59. The van der Waals surface area contributed by atoms with Crippen LogP contribution in [0.15, 0.2) is 34.4 Å². The molecule has 0 fully saturated rings. The lowest BCUT2D eigenvalue weighted by Gasteiger charge is -2.16. The van der Waals surface area contributed by atoms with Gasteiger partial charge in [-0.25, -0.2) is 5.84 Å². The number of nitrogens with one attached hydrogen (secondary N) is 3. The number of benzene rings is 1. The van der Waals surface area contributed by atoms with Gasteiger partial charge in [0.2, 0.25) is 5.96 Å². The Morgan fingerprint density at radius 2 is 1.83 bits per heavy atom. The zero-order chi connectivity index (χ0) is 23.1. The quantitative estimate of drug-likeness (QED) is 0.140. The number of guanidine groups is 1. The maximum absolute atomic E-state index is 12.3. The van der Waals surface area contributed by atoms with Gasteiger partial charge in [0.1, 0.15) is 11.5 Å². The van der Waals surface area contributed by atoms with E-state index in [2.05, 4.69) is 20.5 Å². The van der Waals surface area contributed by atoms with Gasteiger partial charge in [0, 0.05) is 14.1 Å². The molecule has 7 N–H and O–H groups in total. The lowest BCUT2D eigenvalue weighted by molar-refractivity contribution is -0.153. The van der Waals surface area contributed by atoms with Crippen LogP contribution in [0.2, 0.25) is 0 Å². The lowest BCUT2D eigenvalue weighted by atomic mass is 10.0. The first-order valence-electron chi connectivity index (χ1n) is 7.99. The van der Waals surface area contributed by atoms with E-state index in [0.717, 1.165) is 5.01 Å². The number of hydrazine groups is 1. The van der Waals surface area contributed by atoms with Crippen molar-refractivity contribution < 1.29 is 27.5 Å². The normalized spacial score (nSPS) is 12.6. The molecule has 1 rings (SSSR count). The molecule has 0 aliphatic heterocycles. The van der Waals surface area contributed by atoms with Gasteiger partial charge >= 0.3 is 6.18 Å². The molecule has 0 radical (unpaired) electrons. The van der Waals surface area contributed by atoms with Crippen molar-refractivity contribution in [1.29, 1.82) is 5.41 Å². The summed E-state index contributed by atoms with van der Waals surface area (Å²) in [5, 5.41) is 16.0. The average molecular weight is 450 g/mol. The molecule has 10 nitrogen and oxygen atoms in total. The number of amides is 2. The van der Waals surface area contributed by atoms with Crippen molar-refractivity contribution in [3.63, 3.8) is 0 Å². The highest BCUT2D eigenvalue weighted by molar-refractivity contribution is 6.63. The molecule has 0 saturated carbocycles. The molecule has 0 unspecified atom stereocenters. The summed E-state index contributed by atoms with van der Waals surface area (Å²) in [6, 6.07) is 4.87. The standard InChI is InChI=1S/C16H19ClF3N7O3/c1-24-13(28)10(8-3-5-9(6-4-8)30-7-16(18,19)20)11(17)12(21)14(29)25-15(26-22)27(2)23/h3-6,21H,7,22-23H2,1-2H3,(H,24,28)(H,25,26,29)/b11-10+,21-12?. The number of halogens is 4. The zero-order valence-corrected chi connectivity index (χ0v) is 16.6. The van der Waals surface area contributed by atoms with Gasteiger partial charge in [-0.05, 0) is 17.7 Å². The molecular formula is C16H19ClF3N7O3. The van der Waals surface area contributed by atoms with Gasteiger partial charge in [-0.2, -0.15) is 13.2 Å². The van der Waals surface area contributed by atoms with E-state index < -0.39 is 35.3 Å². The van der Waals surface area contributed by atoms with Crippen molar-refractivity contribution in [3.8, 4) is 5.75 Å². The molecular weight excluding hydrogens is 431 g/mol. The minimum absolute atomic E-state index is 0.106. The summed E-state index contributed by atoms with van der Waals surface area (Å²) in [4.78, 5) is 24.5. The van der Waals surface area contributed by atoms with Gasteiger partial charge in [-0.1, -0.05) is 23.7 Å². The van der Waals surface area contributed by atoms with Gasteiger partial charge in [0.15, 0.2) is 6.61 Å². The number of nitrogens with two attached hydrogens (primary N) is 2. The molecule has 0 atom stereocenters. The number of ether oxygens (including phenoxy) is 1. The van der Waals surface area contributed by atoms with Crippen LogP contribution < -0.4 is 27.1 Å². The number of hydrogen-bond acceptors (Lipinski definition) is 7. The number of hydrazone groups is 1. The molecule has 0 saturated heterocycles. The van der Waals surface area contributed by atoms with Crippen LogP contribution >= 0.6 is 11.6 Å². The molecule has 0 aromatic heterocycles. The highest BCUT2D eigenvalue weighted by atomic mass is 35.5. The molecule has 0 aliphatic carbocycles. The minimum Gasteiger partial charge on any atom is -0.484 e. The zero-order valence-electron chi connectivity index (χ0n) is 15.8. The number of hydrogen-bond donors (Lipinski definition) is 5. The van der Waals surface area contributed by atoms with Crippen molar-refractivity contribution in [1.82, 2.24) is 15.6 Å². The predicted octanol–water partition coefficient (Wildman–Crippen LogP) is 0.495. The fourth-order valence-electron chi connectivity index (χ4n) is 1.97. The van der Waals surface area contributed by atoms with Crippen molar-refractivity contribution >= 4 is 40.7 Å². The summed E-state index contributed by atoms with van der Waals surface area (Å²) in [5.41, 5.74) is -0.954. The molecule has 0 aliphatic rings. The predicted molar refractivity (Wildman–Crippen MR) is 104 cm³/mol. The maximum atomic E-state index is 12.3. The van der Waals surface area contributed by atoms with Crippen molar-refractivity contribution in [2.45, 2.75) is 6.18 Å². The van der Waals surface area contributed by atoms with Crippen molar-refractivity contribution in [2.75, 3.05) is 20.7 Å². The second-order valence-corrected chi connectivity index (χ2v) is 5.97. The average Bonchev–Trinajstić information content (AvgIpc) is 2.69. The van der Waals surface area contributed by atoms with E-state index in [9.17, 15) is 22.8 Å². The Bertz CT molecular complexity index is 868. The Morgan fingerprint density at radius 3 is 2.27 bits per heavy atom. The molecule has 30 heavy (non-hydrogen) atoms. The molecule has 1 aromatic carbocycles. The smallest absolute Gasteiger partial charge is 0.422 e. The summed E-state index contributed by atoms with van der Waals surface area (Å²) in [6.45, 7) is -1.49. The largest absolute Gasteiger partial charge is 0.484 e. The van der Waals surface area contributed by atoms with Crippen LogP contribution in [0.4, 0.5) is 13.2 Å². The van der Waals surface area contributed by atoms with Gasteiger partial charge in [-0.3, -0.25) is 25.3 Å². The number of nitrogens with zero attached hydrogens (tertiary/aromatic N) is 2. The maximum Gasteiger partial charge on any atom is 0.422 e. The van der Waals surface area contributed by atoms with Crippen LogP contribution in [-0.2, 0) is 9.59 Å². The summed E-state index contributed by atoms with van der Waals surface area (Å²) >= 11 is 6.10. The first-order valence-corrected chi connectivity index (χ1v) is 8.37. The fraction of sp³-hybridized carbons (Fsp3) is 0.250. The van der Waals surface area contributed by atoms with E-state index in [1.807, 2.05) is 0 Å². The van der Waals surface area contributed by atoms with Crippen LogP contribution in [0.5, 0.6) is 5.75 Å². The topological polar surface area (TPSA) is 159 Å². The Hall–Kier alpha value is -3.32. The van der Waals surface area contributed by atoms with Gasteiger partial charge < -0.3 is 15.9 Å². The van der Waals surface area contributed by atoms with Crippen LogP contribution in [0.3, 0.4) is 0 Å². The molecule has 164 valence electrons. The van der Waals surface area contributed by atoms with Crippen LogP contribution in [0, 0.1) is 5.41 Å². The highest BCUT2D eigenvalue weighted by Gasteiger charge is 2.28. The van der Waals surface area contributed by atoms with Crippen molar-refractivity contribution in [2.24, 2.45) is 16.8 Å². The number of likely N-dealkylation sites (N-methyl/N-ethyl adjacent to an activating group) is 1. The SMILES string of the molecule is CNC(=O)/C(=C(/Cl)C(=N)C(=O)N/C(=N/N)N(C)N)c1ccc(OCC(F)(F)F)cc1. The number of rotatable bonds is 6. The summed E-state index contributed by atoms with van der Waals surface area (Å²) < 4.78 is 41.3. The Balaban J connectivity index is 3.21. The van der Waals surface area contributed by atoms with Gasteiger partial charge in [-0.15, -0.1) is 5.10 Å². The van der Waals surface area contributed by atoms with Crippen LogP contribution in [-0.4, -0.2) is 55.4 Å². The van der Waals surface area contributed by atoms with E-state index in [0.29, 0.717) is 0 Å². The van der Waals surface area contributed by atoms with Gasteiger partial charge in [0.25, 0.3) is 11.8 Å². The molecule has 0 heterocycles. The fourth-order valence-corrected chi connectivity index (χ4v) is 2.25. The van der Waals surface area contributed by atoms with Crippen LogP contribution in [0.1, 0.15) is 5.56 Å². The number of alkyl halides is 3. The molecule has 14 heteroatoms. The second kappa shape index (κ2) is 10.5. The summed E-state index contributed by atoms with van der Waals surface area (Å²) in [6.07, 6.45) is -4.51. The van der Waals surface area contributed by atoms with E-state index in [1.165, 1.54) is 38.4 Å². The molecule has 0 bridgehead atoms. The summed E-state index contributed by atoms with van der Waals surface area (Å²) in [5.74, 6) is 8.29. The lowest BCUT2D eigenvalue weighted by Crippen LogP contribution is -2.48. The van der Waals surface area contributed by atoms with Crippen LogP contribution in [0.25, 0.3) is 5.57 Å². The van der Waals surface area contributed by atoms with E-state index in [1.54, 1.807) is 0 Å². The Morgan fingerprint density at radius 1 is 1.27 bits per heavy atom. The molecule has 1 aromatic rings. The third kappa shape index (κ3) is 6.93. The van der Waals surface area contributed by atoms with Gasteiger partial charge in [0.05, 0.1) is 10.6 Å². The first-order chi connectivity index (χ1) is 13.9. The first kappa shape index (κ1) is 24.7. The molecule has 0 spiro atoms.